The number of benzene rings is 2. The summed E-state index contributed by atoms with van der Waals surface area (Å²) in [6.07, 6.45) is 1.05. The fourth-order valence-electron chi connectivity index (χ4n) is 4.36. The Morgan fingerprint density at radius 1 is 0.862 bits per heavy atom. The molecule has 1 saturated heterocycles. The molecule has 0 aliphatic carbocycles. The Hall–Kier alpha value is -2.92. The number of nitrogens with zero attached hydrogens (tertiary/aromatic N) is 5. The van der Waals surface area contributed by atoms with Crippen LogP contribution in [0.5, 0.6) is 0 Å². The van der Waals surface area contributed by atoms with Gasteiger partial charge < -0.3 is 14.7 Å². The molecule has 5 heteroatoms. The van der Waals surface area contributed by atoms with Crippen LogP contribution >= 0.6 is 0 Å². The van der Waals surface area contributed by atoms with Gasteiger partial charge in [0, 0.05) is 49.5 Å². The summed E-state index contributed by atoms with van der Waals surface area (Å²) >= 11 is 0. The van der Waals surface area contributed by atoms with Gasteiger partial charge in [-0.25, -0.2) is 4.98 Å². The van der Waals surface area contributed by atoms with Crippen LogP contribution in [0.3, 0.4) is 0 Å². The topological polar surface area (TPSA) is 35.5 Å². The maximum absolute atomic E-state index is 5.06. The highest BCUT2D eigenvalue weighted by Gasteiger charge is 2.29. The quantitative estimate of drug-likeness (QED) is 0.682. The summed E-state index contributed by atoms with van der Waals surface area (Å²) in [4.78, 5) is 17.1. The first-order chi connectivity index (χ1) is 14.2. The highest BCUT2D eigenvalue weighted by atomic mass is 15.3. The van der Waals surface area contributed by atoms with Gasteiger partial charge in [-0.15, -0.1) is 0 Å². The molecule has 148 valence electrons. The molecule has 2 aliphatic rings. The average molecular weight is 386 g/mol. The van der Waals surface area contributed by atoms with Gasteiger partial charge in [0.1, 0.15) is 5.82 Å². The zero-order chi connectivity index (χ0) is 19.8. The van der Waals surface area contributed by atoms with Gasteiger partial charge in [-0.3, -0.25) is 0 Å². The third-order valence-electron chi connectivity index (χ3n) is 6.01. The second kappa shape index (κ2) is 7.48. The molecule has 0 amide bonds. The molecule has 1 aromatic heterocycles. The Morgan fingerprint density at radius 2 is 1.59 bits per heavy atom. The van der Waals surface area contributed by atoms with Crippen molar-refractivity contribution < 1.29 is 0 Å². The van der Waals surface area contributed by atoms with Crippen LogP contribution in [0.1, 0.15) is 12.5 Å². The first-order valence-electron chi connectivity index (χ1n) is 10.4. The predicted octanol–water partition coefficient (Wildman–Crippen LogP) is 3.98. The fraction of sp³-hybridized carbons (Fsp3) is 0.333. The van der Waals surface area contributed by atoms with Crippen LogP contribution < -0.4 is 9.80 Å². The number of anilines is 3. The van der Waals surface area contributed by atoms with E-state index < -0.39 is 0 Å². The van der Waals surface area contributed by atoms with Crippen molar-refractivity contribution >= 4 is 17.5 Å². The zero-order valence-corrected chi connectivity index (χ0v) is 17.1. The Bertz CT molecular complexity index is 995. The van der Waals surface area contributed by atoms with E-state index in [0.717, 1.165) is 55.6 Å². The van der Waals surface area contributed by atoms with Gasteiger partial charge in [0.25, 0.3) is 0 Å². The van der Waals surface area contributed by atoms with E-state index in [1.807, 2.05) is 6.07 Å². The van der Waals surface area contributed by atoms with Crippen LogP contribution in [0.25, 0.3) is 11.3 Å². The first kappa shape index (κ1) is 18.1. The van der Waals surface area contributed by atoms with Crippen LogP contribution in [0, 0.1) is 0 Å². The lowest BCUT2D eigenvalue weighted by Crippen LogP contribution is -2.45. The molecule has 0 N–H and O–H groups in total. The molecule has 29 heavy (non-hydrogen) atoms. The second-order valence-electron chi connectivity index (χ2n) is 8.12. The van der Waals surface area contributed by atoms with Crippen molar-refractivity contribution in [1.29, 1.82) is 0 Å². The van der Waals surface area contributed by atoms with Crippen molar-refractivity contribution in [2.45, 2.75) is 19.4 Å². The van der Waals surface area contributed by atoms with Crippen molar-refractivity contribution in [3.8, 4) is 11.3 Å². The van der Waals surface area contributed by atoms with Crippen LogP contribution in [0.15, 0.2) is 60.7 Å². The van der Waals surface area contributed by atoms with Crippen molar-refractivity contribution in [2.24, 2.45) is 0 Å². The van der Waals surface area contributed by atoms with E-state index in [-0.39, 0.29) is 0 Å². The third-order valence-corrected chi connectivity index (χ3v) is 6.01. The highest BCUT2D eigenvalue weighted by molar-refractivity contribution is 5.73. The summed E-state index contributed by atoms with van der Waals surface area (Å²) < 4.78 is 0. The van der Waals surface area contributed by atoms with Crippen LogP contribution in [0.2, 0.25) is 0 Å². The van der Waals surface area contributed by atoms with E-state index in [1.165, 1.54) is 11.3 Å². The Labute approximate surface area is 172 Å². The van der Waals surface area contributed by atoms with E-state index in [0.29, 0.717) is 6.04 Å². The van der Waals surface area contributed by atoms with E-state index >= 15 is 0 Å². The van der Waals surface area contributed by atoms with Gasteiger partial charge >= 0.3 is 0 Å². The number of fused-ring (bicyclic) bond motifs is 1. The minimum atomic E-state index is 0.381. The SMILES string of the molecule is CC1Cc2ccccc2N1c1cc(-c2ccccc2)nc(N2CCN(C)CC2)n1. The fourth-order valence-corrected chi connectivity index (χ4v) is 4.36. The molecule has 2 aliphatic heterocycles. The van der Waals surface area contributed by atoms with E-state index in [1.54, 1.807) is 0 Å². The molecule has 1 fully saturated rings. The standard InChI is InChI=1S/C24H27N5/c1-18-16-20-10-6-7-11-22(20)29(18)23-17-21(19-8-4-3-5-9-19)25-24(26-23)28-14-12-27(2)13-15-28/h3-11,17-18H,12-16H2,1-2H3. The van der Waals surface area contributed by atoms with Gasteiger partial charge in [-0.1, -0.05) is 48.5 Å². The first-order valence-corrected chi connectivity index (χ1v) is 10.4. The number of likely N-dealkylation sites (N-methyl/N-ethyl adjacent to an activating group) is 1. The molecule has 3 aromatic rings. The maximum atomic E-state index is 5.06. The predicted molar refractivity (Wildman–Crippen MR) is 119 cm³/mol. The largest absolute Gasteiger partial charge is 0.338 e. The smallest absolute Gasteiger partial charge is 0.227 e. The number of hydrogen-bond donors (Lipinski definition) is 0. The maximum Gasteiger partial charge on any atom is 0.227 e. The summed E-state index contributed by atoms with van der Waals surface area (Å²) in [5.41, 5.74) is 4.77. The molecular formula is C24H27N5. The summed E-state index contributed by atoms with van der Waals surface area (Å²) in [6.45, 7) is 6.27. The van der Waals surface area contributed by atoms with Gasteiger partial charge in [0.05, 0.1) is 5.69 Å². The van der Waals surface area contributed by atoms with Crippen LogP contribution in [-0.2, 0) is 6.42 Å². The van der Waals surface area contributed by atoms with Crippen LogP contribution in [-0.4, -0.2) is 54.1 Å². The summed E-state index contributed by atoms with van der Waals surface area (Å²) in [6, 6.07) is 21.6. The number of para-hydroxylation sites is 1. The lowest BCUT2D eigenvalue weighted by Gasteiger charge is -2.33. The minimum absolute atomic E-state index is 0.381. The van der Waals surface area contributed by atoms with Crippen molar-refractivity contribution in [3.05, 3.63) is 66.2 Å². The zero-order valence-electron chi connectivity index (χ0n) is 17.1. The molecule has 1 unspecified atom stereocenters. The van der Waals surface area contributed by atoms with E-state index in [4.69, 9.17) is 9.97 Å². The molecule has 0 saturated carbocycles. The van der Waals surface area contributed by atoms with E-state index in [2.05, 4.69) is 83.3 Å². The Balaban J connectivity index is 1.60. The van der Waals surface area contributed by atoms with Crippen molar-refractivity contribution in [2.75, 3.05) is 43.0 Å². The highest BCUT2D eigenvalue weighted by Crippen LogP contribution is 2.38. The van der Waals surface area contributed by atoms with Crippen molar-refractivity contribution in [3.63, 3.8) is 0 Å². The van der Waals surface area contributed by atoms with Gasteiger partial charge in [0.2, 0.25) is 5.95 Å². The van der Waals surface area contributed by atoms with Gasteiger partial charge in [-0.05, 0) is 32.0 Å². The average Bonchev–Trinajstić information content (AvgIpc) is 3.10. The van der Waals surface area contributed by atoms with Gasteiger partial charge in [-0.2, -0.15) is 4.98 Å². The number of piperazine rings is 1. The van der Waals surface area contributed by atoms with Crippen LogP contribution in [0.4, 0.5) is 17.5 Å². The monoisotopic (exact) mass is 385 g/mol. The lowest BCUT2D eigenvalue weighted by atomic mass is 10.1. The lowest BCUT2D eigenvalue weighted by molar-refractivity contribution is 0.311. The number of rotatable bonds is 3. The summed E-state index contributed by atoms with van der Waals surface area (Å²) in [7, 11) is 2.17. The number of hydrogen-bond acceptors (Lipinski definition) is 5. The molecular weight excluding hydrogens is 358 g/mol. The molecule has 1 atom stereocenters. The molecule has 0 spiro atoms. The summed E-state index contributed by atoms with van der Waals surface area (Å²) in [5.74, 6) is 1.83. The molecule has 0 bridgehead atoms. The number of aromatic nitrogens is 2. The Kier molecular flexibility index (Phi) is 4.68. The molecule has 2 aromatic carbocycles. The van der Waals surface area contributed by atoms with Gasteiger partial charge in [0.15, 0.2) is 0 Å². The summed E-state index contributed by atoms with van der Waals surface area (Å²) in [5, 5.41) is 0. The molecule has 0 radical (unpaired) electrons. The minimum Gasteiger partial charge on any atom is -0.338 e. The normalized spacial score (nSPS) is 19.4. The second-order valence-corrected chi connectivity index (χ2v) is 8.12. The Morgan fingerprint density at radius 3 is 2.38 bits per heavy atom. The molecule has 5 rings (SSSR count). The van der Waals surface area contributed by atoms with E-state index in [9.17, 15) is 0 Å². The molecule has 3 heterocycles. The third kappa shape index (κ3) is 3.47. The van der Waals surface area contributed by atoms with Crippen molar-refractivity contribution in [1.82, 2.24) is 14.9 Å². The molecule has 5 nitrogen and oxygen atoms in total.